The van der Waals surface area contributed by atoms with Crippen LogP contribution in [0.25, 0.3) is 0 Å². The van der Waals surface area contributed by atoms with Crippen LogP contribution < -0.4 is 0 Å². The third-order valence-corrected chi connectivity index (χ3v) is 6.30. The molecule has 1 atom stereocenters. The molecule has 2 aromatic heterocycles. The Labute approximate surface area is 170 Å². The van der Waals surface area contributed by atoms with Gasteiger partial charge in [0.15, 0.2) is 5.82 Å². The van der Waals surface area contributed by atoms with Crippen molar-refractivity contribution < 1.29 is 0 Å². The van der Waals surface area contributed by atoms with E-state index in [1.54, 1.807) is 0 Å². The summed E-state index contributed by atoms with van der Waals surface area (Å²) < 4.78 is 1.92. The van der Waals surface area contributed by atoms with Crippen molar-refractivity contribution in [1.29, 1.82) is 0 Å². The second-order valence-corrected chi connectivity index (χ2v) is 8.09. The molecule has 1 aliphatic heterocycles. The average Bonchev–Trinajstić information content (AvgIpc) is 3.33. The number of tetrazole rings is 1. The number of nitrogens with one attached hydrogen (secondary N) is 1. The highest BCUT2D eigenvalue weighted by Crippen LogP contribution is 2.29. The van der Waals surface area contributed by atoms with Gasteiger partial charge in [0.1, 0.15) is 6.04 Å². The van der Waals surface area contributed by atoms with E-state index in [-0.39, 0.29) is 6.04 Å². The number of aromatic amines is 1. The van der Waals surface area contributed by atoms with E-state index >= 15 is 0 Å². The highest BCUT2D eigenvalue weighted by Gasteiger charge is 2.33. The maximum absolute atomic E-state index is 4.52. The topological polar surface area (TPSA) is 78.8 Å². The van der Waals surface area contributed by atoms with Crippen molar-refractivity contribution in [2.24, 2.45) is 0 Å². The highest BCUT2D eigenvalue weighted by molar-refractivity contribution is 5.18. The fourth-order valence-electron chi connectivity index (χ4n) is 4.52. The summed E-state index contributed by atoms with van der Waals surface area (Å²) >= 11 is 0. The summed E-state index contributed by atoms with van der Waals surface area (Å²) in [6, 6.07) is 13.1. The minimum absolute atomic E-state index is 0.0405. The monoisotopic (exact) mass is 392 g/mol. The summed E-state index contributed by atoms with van der Waals surface area (Å²) in [5.41, 5.74) is 2.17. The van der Waals surface area contributed by atoms with Crippen molar-refractivity contribution >= 4 is 0 Å². The zero-order valence-corrected chi connectivity index (χ0v) is 16.7. The Hall–Kier alpha value is -2.58. The van der Waals surface area contributed by atoms with E-state index in [1.165, 1.54) is 31.4 Å². The van der Waals surface area contributed by atoms with Gasteiger partial charge in [0.25, 0.3) is 0 Å². The van der Waals surface area contributed by atoms with Crippen molar-refractivity contribution in [2.75, 3.05) is 26.2 Å². The number of aromatic nitrogens is 6. The predicted octanol–water partition coefficient (Wildman–Crippen LogP) is 2.09. The first-order valence-corrected chi connectivity index (χ1v) is 10.7. The summed E-state index contributed by atoms with van der Waals surface area (Å²) in [5.74, 6) is 0.859. The molecule has 1 saturated carbocycles. The molecule has 152 valence electrons. The molecule has 2 fully saturated rings. The molecule has 29 heavy (non-hydrogen) atoms. The minimum atomic E-state index is -0.0405. The Morgan fingerprint density at radius 3 is 2.66 bits per heavy atom. The maximum atomic E-state index is 4.52. The summed E-state index contributed by atoms with van der Waals surface area (Å²) in [7, 11) is 0. The SMILES string of the molecule is c1ccc(Cn2nnnc2C(c2cc[nH]n2)N2CCCN(C3CCC3)CC2)cc1. The van der Waals surface area contributed by atoms with Gasteiger partial charge in [-0.25, -0.2) is 4.68 Å². The molecular weight excluding hydrogens is 364 g/mol. The molecule has 5 rings (SSSR count). The van der Waals surface area contributed by atoms with Crippen molar-refractivity contribution in [1.82, 2.24) is 40.2 Å². The van der Waals surface area contributed by atoms with Crippen molar-refractivity contribution in [2.45, 2.75) is 44.3 Å². The maximum Gasteiger partial charge on any atom is 0.175 e. The Morgan fingerprint density at radius 1 is 1.00 bits per heavy atom. The summed E-state index contributed by atoms with van der Waals surface area (Å²) in [5, 5.41) is 20.3. The van der Waals surface area contributed by atoms with Crippen molar-refractivity contribution in [3.05, 3.63) is 59.7 Å². The van der Waals surface area contributed by atoms with Gasteiger partial charge in [-0.1, -0.05) is 36.8 Å². The van der Waals surface area contributed by atoms with E-state index in [1.807, 2.05) is 35.1 Å². The first-order chi connectivity index (χ1) is 14.4. The molecule has 3 heterocycles. The molecule has 1 saturated heterocycles. The van der Waals surface area contributed by atoms with Crippen LogP contribution in [-0.2, 0) is 6.54 Å². The molecule has 1 aliphatic carbocycles. The van der Waals surface area contributed by atoms with Gasteiger partial charge in [-0.05, 0) is 47.9 Å². The van der Waals surface area contributed by atoms with Crippen LogP contribution in [-0.4, -0.2) is 72.4 Å². The number of hydrogen-bond donors (Lipinski definition) is 1. The van der Waals surface area contributed by atoms with Crippen LogP contribution >= 0.6 is 0 Å². The lowest BCUT2D eigenvalue weighted by molar-refractivity contribution is 0.127. The number of rotatable bonds is 6. The molecule has 0 spiro atoms. The van der Waals surface area contributed by atoms with Gasteiger partial charge in [0.05, 0.1) is 12.2 Å². The van der Waals surface area contributed by atoms with Gasteiger partial charge in [-0.15, -0.1) is 5.10 Å². The Bertz CT molecular complexity index is 887. The molecule has 1 N–H and O–H groups in total. The van der Waals surface area contributed by atoms with E-state index < -0.39 is 0 Å². The Morgan fingerprint density at radius 2 is 1.90 bits per heavy atom. The largest absolute Gasteiger partial charge is 0.299 e. The van der Waals surface area contributed by atoms with Gasteiger partial charge in [-0.2, -0.15) is 5.10 Å². The lowest BCUT2D eigenvalue weighted by Gasteiger charge is -2.37. The Kier molecular flexibility index (Phi) is 5.36. The Balaban J connectivity index is 1.41. The van der Waals surface area contributed by atoms with Crippen LogP contribution in [0, 0.1) is 0 Å². The fraction of sp³-hybridized carbons (Fsp3) is 0.524. The molecule has 1 unspecified atom stereocenters. The number of nitrogens with zero attached hydrogens (tertiary/aromatic N) is 7. The predicted molar refractivity (Wildman–Crippen MR) is 109 cm³/mol. The lowest BCUT2D eigenvalue weighted by atomic mass is 9.91. The lowest BCUT2D eigenvalue weighted by Crippen LogP contribution is -2.42. The highest BCUT2D eigenvalue weighted by atomic mass is 15.6. The van der Waals surface area contributed by atoms with Crippen molar-refractivity contribution in [3.63, 3.8) is 0 Å². The molecule has 3 aromatic rings. The molecular formula is C21H28N8. The van der Waals surface area contributed by atoms with Gasteiger partial charge in [-0.3, -0.25) is 14.9 Å². The molecule has 2 aliphatic rings. The zero-order valence-electron chi connectivity index (χ0n) is 16.7. The van der Waals surface area contributed by atoms with Gasteiger partial charge in [0, 0.05) is 31.9 Å². The summed E-state index contributed by atoms with van der Waals surface area (Å²) in [6.45, 7) is 4.98. The third-order valence-electron chi connectivity index (χ3n) is 6.30. The second-order valence-electron chi connectivity index (χ2n) is 8.09. The number of hydrogen-bond acceptors (Lipinski definition) is 6. The number of benzene rings is 1. The summed E-state index contributed by atoms with van der Waals surface area (Å²) in [6.07, 6.45) is 7.15. The molecule has 0 radical (unpaired) electrons. The third kappa shape index (κ3) is 3.95. The summed E-state index contributed by atoms with van der Waals surface area (Å²) in [4.78, 5) is 5.18. The van der Waals surface area contributed by atoms with Crippen LogP contribution in [0.2, 0.25) is 0 Å². The van der Waals surface area contributed by atoms with Gasteiger partial charge < -0.3 is 0 Å². The van der Waals surface area contributed by atoms with Crippen LogP contribution in [0.4, 0.5) is 0 Å². The van der Waals surface area contributed by atoms with Crippen LogP contribution in [0.1, 0.15) is 48.8 Å². The standard InChI is InChI=1S/C21H28N8/c1-2-6-17(7-3-1)16-29-21(24-25-26-29)20(19-10-11-22-23-19)28-13-5-12-27(14-15-28)18-8-4-9-18/h1-3,6-7,10-11,18,20H,4-5,8-9,12-16H2,(H,22,23). The smallest absolute Gasteiger partial charge is 0.175 e. The number of H-pyrrole nitrogens is 1. The van der Waals surface area contributed by atoms with E-state index in [9.17, 15) is 0 Å². The minimum Gasteiger partial charge on any atom is -0.299 e. The first kappa shape index (κ1) is 18.4. The molecule has 8 heteroatoms. The van der Waals surface area contributed by atoms with Crippen LogP contribution in [0.5, 0.6) is 0 Å². The van der Waals surface area contributed by atoms with E-state index in [0.717, 1.165) is 43.6 Å². The van der Waals surface area contributed by atoms with Crippen LogP contribution in [0.3, 0.4) is 0 Å². The normalized spacial score (nSPS) is 20.3. The average molecular weight is 393 g/mol. The quantitative estimate of drug-likeness (QED) is 0.692. The fourth-order valence-corrected chi connectivity index (χ4v) is 4.52. The van der Waals surface area contributed by atoms with Gasteiger partial charge in [0.2, 0.25) is 0 Å². The molecule has 0 amide bonds. The van der Waals surface area contributed by atoms with E-state index in [0.29, 0.717) is 6.54 Å². The second kappa shape index (κ2) is 8.42. The van der Waals surface area contributed by atoms with E-state index in [2.05, 4.69) is 47.7 Å². The van der Waals surface area contributed by atoms with E-state index in [4.69, 9.17) is 0 Å². The molecule has 8 nitrogen and oxygen atoms in total. The van der Waals surface area contributed by atoms with Crippen molar-refractivity contribution in [3.8, 4) is 0 Å². The van der Waals surface area contributed by atoms with Gasteiger partial charge >= 0.3 is 0 Å². The first-order valence-electron chi connectivity index (χ1n) is 10.7. The molecule has 0 bridgehead atoms. The molecule has 1 aromatic carbocycles. The van der Waals surface area contributed by atoms with Crippen LogP contribution in [0.15, 0.2) is 42.6 Å². The zero-order chi connectivity index (χ0) is 19.5.